The van der Waals surface area contributed by atoms with Gasteiger partial charge in [-0.05, 0) is 50.6 Å². The number of rotatable bonds is 6. The van der Waals surface area contributed by atoms with E-state index in [1.807, 2.05) is 0 Å². The second-order valence-corrected chi connectivity index (χ2v) is 8.63. The zero-order valence-electron chi connectivity index (χ0n) is 14.9. The van der Waals surface area contributed by atoms with Crippen LogP contribution in [0.4, 0.5) is 0 Å². The summed E-state index contributed by atoms with van der Waals surface area (Å²) in [4.78, 5) is 12.7. The van der Waals surface area contributed by atoms with Gasteiger partial charge in [0.25, 0.3) is 5.91 Å². The van der Waals surface area contributed by atoms with Gasteiger partial charge in [0.05, 0.1) is 11.5 Å². The summed E-state index contributed by atoms with van der Waals surface area (Å²) in [6, 6.07) is 4.65. The number of hydrogen-bond donors (Lipinski definition) is 2. The average molecular weight is 391 g/mol. The fraction of sp³-hybridized carbons (Fsp3) is 0.588. The van der Waals surface area contributed by atoms with Crippen molar-refractivity contribution in [2.45, 2.75) is 24.7 Å². The number of halogens is 1. The summed E-state index contributed by atoms with van der Waals surface area (Å²) in [6.07, 6.45) is 3.01. The highest BCUT2D eigenvalue weighted by atomic mass is 35.5. The zero-order chi connectivity index (χ0) is 17.8. The minimum absolute atomic E-state index is 0. The summed E-state index contributed by atoms with van der Waals surface area (Å²) in [5.74, 6) is -0.244. The third kappa shape index (κ3) is 5.67. The van der Waals surface area contributed by atoms with Crippen LogP contribution in [0.1, 0.15) is 28.8 Å². The molecule has 0 aromatic heterocycles. The van der Waals surface area contributed by atoms with E-state index in [-0.39, 0.29) is 28.6 Å². The van der Waals surface area contributed by atoms with Gasteiger partial charge < -0.3 is 15.4 Å². The summed E-state index contributed by atoms with van der Waals surface area (Å²) in [5, 5.41) is 6.29. The molecule has 1 saturated heterocycles. The third-order valence-corrected chi connectivity index (χ3v) is 5.73. The van der Waals surface area contributed by atoms with Crippen molar-refractivity contribution in [3.05, 3.63) is 29.3 Å². The van der Waals surface area contributed by atoms with Crippen LogP contribution in [0.3, 0.4) is 0 Å². The maximum Gasteiger partial charge on any atom is 0.251 e. The number of sulfone groups is 1. The number of aryl methyl sites for hydroxylation is 1. The summed E-state index contributed by atoms with van der Waals surface area (Å²) in [7, 11) is -1.67. The quantitative estimate of drug-likeness (QED) is 0.770. The molecular weight excluding hydrogens is 364 g/mol. The van der Waals surface area contributed by atoms with E-state index in [9.17, 15) is 13.2 Å². The molecule has 0 unspecified atom stereocenters. The van der Waals surface area contributed by atoms with Crippen LogP contribution < -0.4 is 10.6 Å². The molecule has 1 amide bonds. The second kappa shape index (κ2) is 8.98. The number of nitrogens with one attached hydrogen (secondary N) is 2. The molecule has 0 radical (unpaired) electrons. The molecule has 8 heteroatoms. The van der Waals surface area contributed by atoms with Crippen molar-refractivity contribution in [2.75, 3.05) is 39.6 Å². The van der Waals surface area contributed by atoms with Crippen LogP contribution in [0.2, 0.25) is 0 Å². The lowest BCUT2D eigenvalue weighted by Crippen LogP contribution is -2.47. The van der Waals surface area contributed by atoms with Crippen molar-refractivity contribution in [1.82, 2.24) is 10.6 Å². The maximum atomic E-state index is 12.6. The molecule has 1 heterocycles. The Hall–Kier alpha value is -1.15. The number of amides is 1. The Balaban J connectivity index is 0.00000312. The first-order chi connectivity index (χ1) is 11.3. The lowest BCUT2D eigenvalue weighted by molar-refractivity contribution is 0.0511. The van der Waals surface area contributed by atoms with Crippen molar-refractivity contribution < 1.29 is 17.9 Å². The van der Waals surface area contributed by atoms with Gasteiger partial charge >= 0.3 is 0 Å². The van der Waals surface area contributed by atoms with E-state index in [2.05, 4.69) is 10.6 Å². The Morgan fingerprint density at radius 3 is 2.52 bits per heavy atom. The Morgan fingerprint density at radius 2 is 1.96 bits per heavy atom. The first kappa shape index (κ1) is 21.9. The summed E-state index contributed by atoms with van der Waals surface area (Å²) in [6.45, 7) is 4.72. The summed E-state index contributed by atoms with van der Waals surface area (Å²) < 4.78 is 28.8. The molecule has 2 N–H and O–H groups in total. The highest BCUT2D eigenvalue weighted by Crippen LogP contribution is 2.28. The van der Waals surface area contributed by atoms with Crippen LogP contribution in [-0.2, 0) is 14.6 Å². The molecule has 0 spiro atoms. The standard InChI is InChI=1S/C17H26N2O4S.ClH/c1-13-4-5-14(24(3,21)22)10-15(13)16(20)19-11-17(12-23-2)6-8-18-9-7-17;/h4-5,10,18H,6-9,11-12H2,1-3H3,(H,19,20);1H. The molecule has 0 saturated carbocycles. The topological polar surface area (TPSA) is 84.5 Å². The van der Waals surface area contributed by atoms with E-state index in [0.29, 0.717) is 18.7 Å². The smallest absolute Gasteiger partial charge is 0.251 e. The van der Waals surface area contributed by atoms with Crippen LogP contribution in [0.15, 0.2) is 23.1 Å². The molecule has 1 fully saturated rings. The first-order valence-corrected chi connectivity index (χ1v) is 9.95. The molecule has 1 aliphatic rings. The van der Waals surface area contributed by atoms with Crippen LogP contribution in [0, 0.1) is 12.3 Å². The molecule has 6 nitrogen and oxygen atoms in total. The molecule has 1 aliphatic heterocycles. The Bertz CT molecular complexity index is 695. The number of carbonyl (C=O) groups is 1. The van der Waals surface area contributed by atoms with E-state index >= 15 is 0 Å². The van der Waals surface area contributed by atoms with Gasteiger partial charge in [-0.1, -0.05) is 6.07 Å². The second-order valence-electron chi connectivity index (χ2n) is 6.61. The van der Waals surface area contributed by atoms with Gasteiger partial charge in [0.15, 0.2) is 9.84 Å². The maximum absolute atomic E-state index is 12.6. The zero-order valence-corrected chi connectivity index (χ0v) is 16.6. The molecule has 25 heavy (non-hydrogen) atoms. The minimum atomic E-state index is -3.34. The third-order valence-electron chi connectivity index (χ3n) is 4.62. The molecule has 0 aliphatic carbocycles. The highest BCUT2D eigenvalue weighted by molar-refractivity contribution is 7.90. The van der Waals surface area contributed by atoms with Gasteiger partial charge in [0, 0.05) is 30.9 Å². The van der Waals surface area contributed by atoms with Crippen molar-refractivity contribution in [1.29, 1.82) is 0 Å². The van der Waals surface area contributed by atoms with Crippen LogP contribution >= 0.6 is 12.4 Å². The van der Waals surface area contributed by atoms with E-state index in [0.717, 1.165) is 37.8 Å². The molecule has 142 valence electrons. The predicted octanol–water partition coefficient (Wildman–Crippen LogP) is 1.57. The molecule has 1 aromatic rings. The lowest BCUT2D eigenvalue weighted by atomic mass is 9.79. The fourth-order valence-electron chi connectivity index (χ4n) is 3.07. The number of ether oxygens (including phenoxy) is 1. The van der Waals surface area contributed by atoms with E-state index in [1.165, 1.54) is 12.1 Å². The molecule has 1 aromatic carbocycles. The van der Waals surface area contributed by atoms with Crippen LogP contribution in [-0.4, -0.2) is 53.9 Å². The van der Waals surface area contributed by atoms with E-state index < -0.39 is 9.84 Å². The lowest BCUT2D eigenvalue weighted by Gasteiger charge is -2.37. The van der Waals surface area contributed by atoms with Gasteiger partial charge in [-0.25, -0.2) is 8.42 Å². The van der Waals surface area contributed by atoms with Crippen molar-refractivity contribution in [2.24, 2.45) is 5.41 Å². The Kier molecular flexibility index (Phi) is 7.87. The highest BCUT2D eigenvalue weighted by Gasteiger charge is 2.32. The van der Waals surface area contributed by atoms with Crippen molar-refractivity contribution in [3.63, 3.8) is 0 Å². The predicted molar refractivity (Wildman–Crippen MR) is 100 cm³/mol. The van der Waals surface area contributed by atoms with E-state index in [1.54, 1.807) is 20.1 Å². The normalized spacial score (nSPS) is 16.8. The minimum Gasteiger partial charge on any atom is -0.384 e. The number of methoxy groups -OCH3 is 1. The number of piperidine rings is 1. The summed E-state index contributed by atoms with van der Waals surface area (Å²) >= 11 is 0. The first-order valence-electron chi connectivity index (χ1n) is 8.06. The van der Waals surface area contributed by atoms with E-state index in [4.69, 9.17) is 4.74 Å². The van der Waals surface area contributed by atoms with Gasteiger partial charge in [-0.3, -0.25) is 4.79 Å². The monoisotopic (exact) mass is 390 g/mol. The Morgan fingerprint density at radius 1 is 1.32 bits per heavy atom. The summed E-state index contributed by atoms with van der Waals surface area (Å²) in [5.41, 5.74) is 1.09. The molecule has 0 atom stereocenters. The van der Waals surface area contributed by atoms with Gasteiger partial charge in [-0.15, -0.1) is 12.4 Å². The number of hydrogen-bond acceptors (Lipinski definition) is 5. The van der Waals surface area contributed by atoms with Gasteiger partial charge in [0.1, 0.15) is 0 Å². The van der Waals surface area contributed by atoms with Crippen LogP contribution in [0.5, 0.6) is 0 Å². The fourth-order valence-corrected chi connectivity index (χ4v) is 3.72. The molecular formula is C17H27ClN2O4S. The number of carbonyl (C=O) groups excluding carboxylic acids is 1. The van der Waals surface area contributed by atoms with Crippen LogP contribution in [0.25, 0.3) is 0 Å². The largest absolute Gasteiger partial charge is 0.384 e. The SMILES string of the molecule is COCC1(CNC(=O)c2cc(S(C)(=O)=O)ccc2C)CCNCC1.Cl. The average Bonchev–Trinajstić information content (AvgIpc) is 2.53. The Labute approximate surface area is 156 Å². The molecule has 2 rings (SSSR count). The van der Waals surface area contributed by atoms with Gasteiger partial charge in [-0.2, -0.15) is 0 Å². The number of benzene rings is 1. The van der Waals surface area contributed by atoms with Crippen molar-refractivity contribution in [3.8, 4) is 0 Å². The van der Waals surface area contributed by atoms with Gasteiger partial charge in [0.2, 0.25) is 0 Å². The molecule has 0 bridgehead atoms. The van der Waals surface area contributed by atoms with Crippen molar-refractivity contribution >= 4 is 28.2 Å².